The number of carbonyl (C=O) groups excluding carboxylic acids is 2. The second-order valence-corrected chi connectivity index (χ2v) is 7.26. The van der Waals surface area contributed by atoms with Gasteiger partial charge in [0.1, 0.15) is 0 Å². The lowest BCUT2D eigenvalue weighted by molar-refractivity contribution is -0.122. The van der Waals surface area contributed by atoms with Crippen molar-refractivity contribution in [3.8, 4) is 11.5 Å². The van der Waals surface area contributed by atoms with Gasteiger partial charge in [-0.1, -0.05) is 36.4 Å². The van der Waals surface area contributed by atoms with Crippen molar-refractivity contribution in [1.29, 1.82) is 0 Å². The standard InChI is InChI=1S/C22H23NO4S/c1-3-27-19-14-17(11-12-18(19)26-2)15-20-21(24)23(22(25)28-20)13-7-10-16-8-5-4-6-9-16/h4-6,8-9,11-12,14-15H,3,7,10,13H2,1-2H3/b20-15+. The highest BCUT2D eigenvalue weighted by molar-refractivity contribution is 8.18. The molecule has 0 spiro atoms. The summed E-state index contributed by atoms with van der Waals surface area (Å²) in [5.41, 5.74) is 1.99. The number of rotatable bonds is 8. The SMILES string of the molecule is CCOc1cc(/C=C2/SC(=O)N(CCCc3ccccc3)C2=O)ccc1OC. The molecule has 1 aliphatic rings. The fourth-order valence-corrected chi connectivity index (χ4v) is 3.85. The van der Waals surface area contributed by atoms with Gasteiger partial charge in [0.15, 0.2) is 11.5 Å². The van der Waals surface area contributed by atoms with Crippen molar-refractivity contribution in [2.24, 2.45) is 0 Å². The number of hydrogen-bond acceptors (Lipinski definition) is 5. The molecule has 1 saturated heterocycles. The Morgan fingerprint density at radius 1 is 1.07 bits per heavy atom. The molecule has 0 radical (unpaired) electrons. The lowest BCUT2D eigenvalue weighted by Gasteiger charge is -2.12. The van der Waals surface area contributed by atoms with Crippen LogP contribution < -0.4 is 9.47 Å². The zero-order valence-corrected chi connectivity index (χ0v) is 16.8. The van der Waals surface area contributed by atoms with Crippen LogP contribution in [0, 0.1) is 0 Å². The third-order valence-electron chi connectivity index (χ3n) is 4.35. The Balaban J connectivity index is 1.68. The van der Waals surface area contributed by atoms with Crippen LogP contribution in [-0.2, 0) is 11.2 Å². The van der Waals surface area contributed by atoms with Crippen molar-refractivity contribution in [3.63, 3.8) is 0 Å². The summed E-state index contributed by atoms with van der Waals surface area (Å²) >= 11 is 0.979. The third kappa shape index (κ3) is 4.75. The van der Waals surface area contributed by atoms with Gasteiger partial charge in [0.25, 0.3) is 11.1 Å². The average molecular weight is 397 g/mol. The molecule has 0 aromatic heterocycles. The van der Waals surface area contributed by atoms with E-state index in [1.807, 2.05) is 49.4 Å². The van der Waals surface area contributed by atoms with Crippen LogP contribution in [0.15, 0.2) is 53.4 Å². The van der Waals surface area contributed by atoms with E-state index in [0.29, 0.717) is 29.6 Å². The van der Waals surface area contributed by atoms with Crippen LogP contribution in [0.2, 0.25) is 0 Å². The molecule has 2 aromatic carbocycles. The van der Waals surface area contributed by atoms with E-state index < -0.39 is 0 Å². The molecule has 0 bridgehead atoms. The minimum atomic E-state index is -0.239. The van der Waals surface area contributed by atoms with Gasteiger partial charge < -0.3 is 9.47 Å². The summed E-state index contributed by atoms with van der Waals surface area (Å²) in [5.74, 6) is 1.01. The van der Waals surface area contributed by atoms with Crippen molar-refractivity contribution in [2.75, 3.05) is 20.3 Å². The maximum absolute atomic E-state index is 12.7. The molecular formula is C22H23NO4S. The second kappa shape index (κ2) is 9.46. The normalized spacial score (nSPS) is 15.4. The molecule has 0 atom stereocenters. The van der Waals surface area contributed by atoms with Gasteiger partial charge in [-0.3, -0.25) is 14.5 Å². The van der Waals surface area contributed by atoms with Gasteiger partial charge in [-0.2, -0.15) is 0 Å². The predicted octanol–water partition coefficient (Wildman–Crippen LogP) is 4.76. The molecule has 6 heteroatoms. The van der Waals surface area contributed by atoms with Gasteiger partial charge in [0.05, 0.1) is 18.6 Å². The number of nitrogens with zero attached hydrogens (tertiary/aromatic N) is 1. The summed E-state index contributed by atoms with van der Waals surface area (Å²) in [6.07, 6.45) is 3.30. The first-order chi connectivity index (χ1) is 13.6. The first kappa shape index (κ1) is 20.0. The highest BCUT2D eigenvalue weighted by Crippen LogP contribution is 2.34. The summed E-state index contributed by atoms with van der Waals surface area (Å²) in [7, 11) is 1.58. The number of imide groups is 1. The summed E-state index contributed by atoms with van der Waals surface area (Å²) in [4.78, 5) is 26.7. The highest BCUT2D eigenvalue weighted by atomic mass is 32.2. The van der Waals surface area contributed by atoms with E-state index in [0.717, 1.165) is 30.2 Å². The van der Waals surface area contributed by atoms with E-state index >= 15 is 0 Å². The minimum absolute atomic E-state index is 0.220. The van der Waals surface area contributed by atoms with Crippen LogP contribution in [0.1, 0.15) is 24.5 Å². The average Bonchev–Trinajstić information content (AvgIpc) is 2.97. The van der Waals surface area contributed by atoms with Crippen LogP contribution in [0.4, 0.5) is 4.79 Å². The summed E-state index contributed by atoms with van der Waals surface area (Å²) in [6, 6.07) is 15.5. The van der Waals surface area contributed by atoms with E-state index in [-0.39, 0.29) is 11.1 Å². The van der Waals surface area contributed by atoms with Gasteiger partial charge >= 0.3 is 0 Å². The molecule has 1 aliphatic heterocycles. The zero-order chi connectivity index (χ0) is 19.9. The van der Waals surface area contributed by atoms with Crippen LogP contribution >= 0.6 is 11.8 Å². The largest absolute Gasteiger partial charge is 0.493 e. The number of benzene rings is 2. The van der Waals surface area contributed by atoms with Crippen molar-refractivity contribution in [1.82, 2.24) is 4.90 Å². The summed E-state index contributed by atoms with van der Waals surface area (Å²) in [6.45, 7) is 2.83. The summed E-state index contributed by atoms with van der Waals surface area (Å²) in [5, 5.41) is -0.220. The van der Waals surface area contributed by atoms with E-state index in [1.54, 1.807) is 19.3 Å². The molecule has 0 saturated carbocycles. The third-order valence-corrected chi connectivity index (χ3v) is 5.26. The van der Waals surface area contributed by atoms with E-state index in [2.05, 4.69) is 0 Å². The predicted molar refractivity (Wildman–Crippen MR) is 112 cm³/mol. The quantitative estimate of drug-likeness (QED) is 0.601. The first-order valence-corrected chi connectivity index (χ1v) is 10.0. The molecule has 0 unspecified atom stereocenters. The minimum Gasteiger partial charge on any atom is -0.493 e. The maximum Gasteiger partial charge on any atom is 0.293 e. The fraction of sp³-hybridized carbons (Fsp3) is 0.273. The Morgan fingerprint density at radius 2 is 1.86 bits per heavy atom. The second-order valence-electron chi connectivity index (χ2n) is 6.27. The molecule has 2 amide bonds. The Bertz CT molecular complexity index is 879. The van der Waals surface area contributed by atoms with Gasteiger partial charge in [-0.15, -0.1) is 0 Å². The molecule has 146 valence electrons. The van der Waals surface area contributed by atoms with Gasteiger partial charge in [-0.25, -0.2) is 0 Å². The molecule has 5 nitrogen and oxygen atoms in total. The lowest BCUT2D eigenvalue weighted by atomic mass is 10.1. The van der Waals surface area contributed by atoms with Crippen molar-refractivity contribution in [2.45, 2.75) is 19.8 Å². The monoisotopic (exact) mass is 397 g/mol. The Kier molecular flexibility index (Phi) is 6.76. The number of hydrogen-bond donors (Lipinski definition) is 0. The van der Waals surface area contributed by atoms with E-state index in [1.165, 1.54) is 10.5 Å². The van der Waals surface area contributed by atoms with Crippen LogP contribution in [0.25, 0.3) is 6.08 Å². The Labute approximate surface area is 169 Å². The molecule has 0 aliphatic carbocycles. The van der Waals surface area contributed by atoms with Crippen molar-refractivity contribution < 1.29 is 19.1 Å². The number of ether oxygens (including phenoxy) is 2. The molecule has 0 N–H and O–H groups in total. The number of aryl methyl sites for hydroxylation is 1. The number of amides is 2. The van der Waals surface area contributed by atoms with Crippen LogP contribution in [0.3, 0.4) is 0 Å². The van der Waals surface area contributed by atoms with Crippen molar-refractivity contribution in [3.05, 3.63) is 64.6 Å². The number of methoxy groups -OCH3 is 1. The Morgan fingerprint density at radius 3 is 2.57 bits per heavy atom. The lowest BCUT2D eigenvalue weighted by Crippen LogP contribution is -2.29. The first-order valence-electron chi connectivity index (χ1n) is 9.22. The Hall–Kier alpha value is -2.73. The highest BCUT2D eigenvalue weighted by Gasteiger charge is 2.34. The molecule has 1 heterocycles. The molecule has 3 rings (SSSR count). The van der Waals surface area contributed by atoms with Crippen molar-refractivity contribution >= 4 is 29.0 Å². The smallest absolute Gasteiger partial charge is 0.293 e. The van der Waals surface area contributed by atoms with Gasteiger partial charge in [-0.05, 0) is 60.9 Å². The zero-order valence-electron chi connectivity index (χ0n) is 16.0. The number of thioether (sulfide) groups is 1. The van der Waals surface area contributed by atoms with Crippen LogP contribution in [0.5, 0.6) is 11.5 Å². The molecule has 2 aromatic rings. The van der Waals surface area contributed by atoms with E-state index in [4.69, 9.17) is 9.47 Å². The fourth-order valence-electron chi connectivity index (χ4n) is 2.98. The van der Waals surface area contributed by atoms with E-state index in [9.17, 15) is 9.59 Å². The summed E-state index contributed by atoms with van der Waals surface area (Å²) < 4.78 is 10.9. The maximum atomic E-state index is 12.7. The molecular weight excluding hydrogens is 374 g/mol. The topological polar surface area (TPSA) is 55.8 Å². The molecule has 1 fully saturated rings. The van der Waals surface area contributed by atoms with Gasteiger partial charge in [0, 0.05) is 6.54 Å². The van der Waals surface area contributed by atoms with Gasteiger partial charge in [0.2, 0.25) is 0 Å². The van der Waals surface area contributed by atoms with Crippen LogP contribution in [-0.4, -0.2) is 36.3 Å². The number of carbonyl (C=O) groups is 2. The molecule has 28 heavy (non-hydrogen) atoms.